The number of rotatable bonds is 8. The molecule has 0 fully saturated rings. The van der Waals surface area contributed by atoms with E-state index in [4.69, 9.17) is 15.0 Å². The monoisotopic (exact) mass is 783 g/mol. The van der Waals surface area contributed by atoms with Gasteiger partial charge < -0.3 is 15.0 Å². The quantitative estimate of drug-likeness (QED) is 0.223. The maximum absolute atomic E-state index is 4.80. The Morgan fingerprint density at radius 3 is 0.915 bits per heavy atom. The number of H-pyrrole nitrogens is 3. The first kappa shape index (κ1) is 42.8. The summed E-state index contributed by atoms with van der Waals surface area (Å²) in [6, 6.07) is 55.1. The van der Waals surface area contributed by atoms with Crippen LogP contribution in [-0.2, 0) is 10.8 Å². The second kappa shape index (κ2) is 18.4. The topological polar surface area (TPSA) is 81.1 Å². The van der Waals surface area contributed by atoms with Gasteiger partial charge in [0.05, 0.1) is 0 Å². The maximum Gasteiger partial charge on any atom is 2.00 e. The molecule has 0 radical (unpaired) electrons. The maximum atomic E-state index is 4.80. The Morgan fingerprint density at radius 1 is 0.356 bits per heavy atom. The molecule has 0 bridgehead atoms. The molecule has 0 saturated heterocycles. The summed E-state index contributed by atoms with van der Waals surface area (Å²) in [5.74, 6) is 0. The zero-order valence-corrected chi connectivity index (χ0v) is 36.6. The van der Waals surface area contributed by atoms with Crippen LogP contribution in [0.15, 0.2) is 195 Å². The number of nitrogens with zero attached hydrogens (tertiary/aromatic N) is 3. The fourth-order valence-electron chi connectivity index (χ4n) is 8.48. The first-order valence-corrected chi connectivity index (χ1v) is 20.2. The van der Waals surface area contributed by atoms with E-state index in [9.17, 15) is 0 Å². The molecule has 0 amide bonds. The summed E-state index contributed by atoms with van der Waals surface area (Å²) < 4.78 is 0. The molecule has 0 atom stereocenters. The molecule has 0 unspecified atom stereocenters. The molecule has 0 saturated carbocycles. The van der Waals surface area contributed by atoms with E-state index in [0.29, 0.717) is 0 Å². The van der Waals surface area contributed by atoms with Gasteiger partial charge in [-0.3, -0.25) is 15.0 Å². The molecular weight excluding hydrogens is 731 g/mol. The molecule has 0 spiro atoms. The summed E-state index contributed by atoms with van der Waals surface area (Å²) in [4.78, 5) is 25.0. The normalized spacial score (nSPS) is 11.8. The smallest absolute Gasteiger partial charge is 0.302 e. The van der Waals surface area contributed by atoms with Crippen molar-refractivity contribution in [3.8, 4) is 0 Å². The van der Waals surface area contributed by atoms with Crippen LogP contribution in [0.4, 0.5) is 0 Å². The van der Waals surface area contributed by atoms with Gasteiger partial charge in [-0.1, -0.05) is 145 Å². The van der Waals surface area contributed by atoms with E-state index < -0.39 is 12.3 Å². The standard InChI is InChI=1S/2C25H25BN3.Mg/c2*1-25(2,3)20-13-15-21(16-14-20)26(22-10-4-7-17-27-22,23-11-5-8-18-28-23)24-12-6-9-19-29-24;/h2*4-19H,1-3H3;/q2*-1;+2/p+3. The molecule has 0 aliphatic carbocycles. The van der Waals surface area contributed by atoms with Gasteiger partial charge in [-0.05, 0) is 58.4 Å². The van der Waals surface area contributed by atoms with Crippen LogP contribution in [0.3, 0.4) is 0 Å². The number of hydrogen-bond donors (Lipinski definition) is 0. The van der Waals surface area contributed by atoms with E-state index in [0.717, 1.165) is 39.0 Å². The molecule has 3 N–H and O–H groups in total. The SMILES string of the molecule is CC(C)(C)c1ccc([B-](c2cccc[nH+]2)(c2cccc[nH+]2)c2cccc[nH+]2)cc1.CC(C)(C)c1ccc([B-](c2ccccn2)(c2ccccn2)c2ccccn2)cc1.[Mg+2]. The minimum atomic E-state index is -1.60. The van der Waals surface area contributed by atoms with Gasteiger partial charge in [-0.15, -0.1) is 16.8 Å². The van der Waals surface area contributed by atoms with Gasteiger partial charge in [-0.2, -0.15) is 10.9 Å². The number of pyridine rings is 6. The Labute approximate surface area is 366 Å². The summed E-state index contributed by atoms with van der Waals surface area (Å²) in [5.41, 5.74) is 11.6. The molecule has 6 heterocycles. The summed E-state index contributed by atoms with van der Waals surface area (Å²) >= 11 is 0. The zero-order valence-electron chi connectivity index (χ0n) is 35.2. The van der Waals surface area contributed by atoms with Crippen molar-refractivity contribution in [1.82, 2.24) is 15.0 Å². The minimum Gasteiger partial charge on any atom is -0.302 e. The molecule has 2 aromatic carbocycles. The van der Waals surface area contributed by atoms with Crippen LogP contribution in [0.1, 0.15) is 52.7 Å². The van der Waals surface area contributed by atoms with Gasteiger partial charge in [0, 0.05) is 53.6 Å². The van der Waals surface area contributed by atoms with Crippen LogP contribution in [0.5, 0.6) is 0 Å². The van der Waals surface area contributed by atoms with Gasteiger partial charge in [0.1, 0.15) is 0 Å². The van der Waals surface area contributed by atoms with Crippen molar-refractivity contribution in [1.29, 1.82) is 0 Å². The van der Waals surface area contributed by atoms with Gasteiger partial charge >= 0.3 is 29.2 Å². The largest absolute Gasteiger partial charge is 2.00 e. The molecular formula is C50H53B2MgN6+3. The summed E-state index contributed by atoms with van der Waals surface area (Å²) in [6.45, 7) is 13.5. The third kappa shape index (κ3) is 8.82. The second-order valence-corrected chi connectivity index (χ2v) is 17.2. The first-order valence-electron chi connectivity index (χ1n) is 20.2. The summed E-state index contributed by atoms with van der Waals surface area (Å²) in [5, 5.41) is 0. The molecule has 59 heavy (non-hydrogen) atoms. The predicted octanol–water partition coefficient (Wildman–Crippen LogP) is 2.97. The van der Waals surface area contributed by atoms with Crippen LogP contribution in [-0.4, -0.2) is 50.3 Å². The predicted molar refractivity (Wildman–Crippen MR) is 246 cm³/mol. The third-order valence-electron chi connectivity index (χ3n) is 11.5. The first-order chi connectivity index (χ1) is 28.1. The van der Waals surface area contributed by atoms with Crippen molar-refractivity contribution >= 4 is 79.8 Å². The van der Waals surface area contributed by atoms with Crippen molar-refractivity contribution in [2.24, 2.45) is 0 Å². The van der Waals surface area contributed by atoms with E-state index in [1.54, 1.807) is 0 Å². The molecule has 8 aromatic rings. The van der Waals surface area contributed by atoms with Crippen LogP contribution in [0, 0.1) is 0 Å². The van der Waals surface area contributed by atoms with Crippen molar-refractivity contribution in [2.45, 2.75) is 52.4 Å². The van der Waals surface area contributed by atoms with E-state index in [1.807, 2.05) is 91.8 Å². The molecule has 9 heteroatoms. The van der Waals surface area contributed by atoms with Crippen LogP contribution in [0.25, 0.3) is 0 Å². The van der Waals surface area contributed by atoms with Crippen LogP contribution >= 0.6 is 0 Å². The van der Waals surface area contributed by atoms with Gasteiger partial charge in [0.15, 0.2) is 24.7 Å². The Morgan fingerprint density at radius 2 is 0.661 bits per heavy atom. The fourth-order valence-corrected chi connectivity index (χ4v) is 8.48. The Hall–Kier alpha value is -5.76. The number of benzene rings is 2. The van der Waals surface area contributed by atoms with E-state index >= 15 is 0 Å². The summed E-state index contributed by atoms with van der Waals surface area (Å²) in [6.07, 6.45) is 8.51. The van der Waals surface area contributed by atoms with Crippen molar-refractivity contribution in [2.75, 3.05) is 0 Å². The van der Waals surface area contributed by atoms with Crippen molar-refractivity contribution in [3.63, 3.8) is 0 Å². The molecule has 288 valence electrons. The van der Waals surface area contributed by atoms with Crippen LogP contribution < -0.4 is 59.4 Å². The average Bonchev–Trinajstić information content (AvgIpc) is 3.27. The number of hydrogen-bond acceptors (Lipinski definition) is 3. The number of aromatic amines is 3. The van der Waals surface area contributed by atoms with Gasteiger partial charge in [0.25, 0.3) is 0 Å². The number of nitrogens with one attached hydrogen (secondary N) is 3. The average molecular weight is 784 g/mol. The van der Waals surface area contributed by atoms with E-state index in [1.165, 1.54) is 16.6 Å². The van der Waals surface area contributed by atoms with Gasteiger partial charge in [-0.25, -0.2) is 0 Å². The zero-order chi connectivity index (χ0) is 40.6. The Kier molecular flexibility index (Phi) is 13.4. The molecule has 6 nitrogen and oxygen atoms in total. The van der Waals surface area contributed by atoms with Gasteiger partial charge in [0.2, 0.25) is 0 Å². The Balaban J connectivity index is 0.000000195. The van der Waals surface area contributed by atoms with Crippen molar-refractivity contribution < 1.29 is 15.0 Å². The fraction of sp³-hybridized carbons (Fsp3) is 0.160. The molecule has 8 rings (SSSR count). The van der Waals surface area contributed by atoms with Crippen LogP contribution in [0.2, 0.25) is 0 Å². The van der Waals surface area contributed by atoms with E-state index in [-0.39, 0.29) is 33.9 Å². The second-order valence-electron chi connectivity index (χ2n) is 17.2. The minimum absolute atomic E-state index is 0. The van der Waals surface area contributed by atoms with Crippen molar-refractivity contribution in [3.05, 3.63) is 206 Å². The van der Waals surface area contributed by atoms with E-state index in [2.05, 4.69) is 160 Å². The third-order valence-corrected chi connectivity index (χ3v) is 11.5. The summed E-state index contributed by atoms with van der Waals surface area (Å²) in [7, 11) is 0. The Bertz CT molecular complexity index is 2110. The molecule has 0 aliphatic rings. The molecule has 6 aromatic heterocycles. The number of aromatic nitrogens is 6. The molecule has 0 aliphatic heterocycles.